The molecular formula is C75H52N4Si2. The SMILES string of the molecule is c1ccc(-n2c3ccc(-c4ccc5ccc(N6c7ccccc7[Si](c7ccccc7)(c7ccccc7)c7ccccc76)nc5c4)cc3c3cc(N4c5ccccc5[Si](c5ccccc5)(c5ccccc5)c5ccccc54)ccc32)cc1. The van der Waals surface area contributed by atoms with E-state index in [-0.39, 0.29) is 0 Å². The van der Waals surface area contributed by atoms with E-state index in [9.17, 15) is 0 Å². The van der Waals surface area contributed by atoms with Gasteiger partial charge < -0.3 is 9.47 Å². The highest BCUT2D eigenvalue weighted by Gasteiger charge is 2.50. The second-order valence-electron chi connectivity index (χ2n) is 21.4. The number of pyridine rings is 1. The number of rotatable bonds is 8. The van der Waals surface area contributed by atoms with E-state index in [0.29, 0.717) is 0 Å². The number of fused-ring (bicyclic) bond motifs is 8. The number of anilines is 6. The molecule has 4 nitrogen and oxygen atoms in total. The molecule has 0 aliphatic carbocycles. The molecule has 0 radical (unpaired) electrons. The first-order valence-corrected chi connectivity index (χ1v) is 31.9. The molecule has 0 amide bonds. The molecule has 0 spiro atoms. The van der Waals surface area contributed by atoms with Crippen molar-refractivity contribution in [2.45, 2.75) is 0 Å². The summed E-state index contributed by atoms with van der Waals surface area (Å²) in [6.07, 6.45) is 0. The van der Waals surface area contributed by atoms with E-state index < -0.39 is 16.1 Å². The Morgan fingerprint density at radius 3 is 1.12 bits per heavy atom. The van der Waals surface area contributed by atoms with E-state index in [1.165, 1.54) is 75.0 Å². The molecule has 0 fully saturated rings. The molecule has 14 aromatic rings. The van der Waals surface area contributed by atoms with Crippen molar-refractivity contribution in [3.05, 3.63) is 315 Å². The summed E-state index contributed by atoms with van der Waals surface area (Å²) in [7, 11) is -5.55. The standard InChI is InChI=1S/C75H52N4Si2/c1-6-24-56(25-7-1)77-65-47-44-54(50-62(65)63-52-57(46-48-66(63)77)78-67-34-16-20-38-71(67)80(58-26-8-2-9-27-58,59-28-10-3-11-29-59)72-39-21-17-35-68(72)78)55-43-42-53-45-49-75(76-64(53)51-55)79-69-36-18-22-40-73(69)81(60-30-12-4-13-31-60,61-32-14-5-15-33-61)74-41-23-19-37-70(74)79/h1-52H. The van der Waals surface area contributed by atoms with Crippen LogP contribution in [0.25, 0.3) is 49.5 Å². The summed E-state index contributed by atoms with van der Waals surface area (Å²) in [5.41, 5.74) is 12.5. The summed E-state index contributed by atoms with van der Waals surface area (Å²) in [6, 6.07) is 117. The summed E-state index contributed by atoms with van der Waals surface area (Å²) in [6.45, 7) is 0. The summed E-state index contributed by atoms with van der Waals surface area (Å²) < 4.78 is 2.43. The molecule has 0 N–H and O–H groups in total. The molecule has 0 saturated heterocycles. The van der Waals surface area contributed by atoms with Crippen LogP contribution in [-0.2, 0) is 0 Å². The molecule has 2 aromatic heterocycles. The fraction of sp³-hybridized carbons (Fsp3) is 0. The molecule has 4 heterocycles. The first kappa shape index (κ1) is 46.9. The van der Waals surface area contributed by atoms with Crippen LogP contribution < -0.4 is 51.3 Å². The van der Waals surface area contributed by atoms with Gasteiger partial charge in [-0.1, -0.05) is 231 Å². The van der Waals surface area contributed by atoms with Gasteiger partial charge in [0.15, 0.2) is 16.1 Å². The van der Waals surface area contributed by atoms with E-state index >= 15 is 0 Å². The number of hydrogen-bond donors (Lipinski definition) is 0. The van der Waals surface area contributed by atoms with Crippen molar-refractivity contribution < 1.29 is 0 Å². The second-order valence-corrected chi connectivity index (χ2v) is 28.8. The van der Waals surface area contributed by atoms with Crippen LogP contribution in [0.4, 0.5) is 34.3 Å². The van der Waals surface area contributed by atoms with Gasteiger partial charge in [-0.05, 0) is 138 Å². The highest BCUT2D eigenvalue weighted by molar-refractivity contribution is 7.22. The van der Waals surface area contributed by atoms with E-state index in [0.717, 1.165) is 50.3 Å². The first-order chi connectivity index (χ1) is 40.2. The van der Waals surface area contributed by atoms with Gasteiger partial charge in [0.2, 0.25) is 0 Å². The largest absolute Gasteiger partial charge is 0.311 e. The number of benzene rings is 12. The smallest absolute Gasteiger partial charge is 0.184 e. The molecule has 0 saturated carbocycles. The summed E-state index contributed by atoms with van der Waals surface area (Å²) >= 11 is 0. The monoisotopic (exact) mass is 1060 g/mol. The van der Waals surface area contributed by atoms with Crippen molar-refractivity contribution >= 4 is 125 Å². The molecule has 0 unspecified atom stereocenters. The minimum Gasteiger partial charge on any atom is -0.311 e. The zero-order valence-corrected chi connectivity index (χ0v) is 46.3. The van der Waals surface area contributed by atoms with Crippen LogP contribution in [0.15, 0.2) is 315 Å². The van der Waals surface area contributed by atoms with E-state index in [1.54, 1.807) is 0 Å². The third-order valence-electron chi connectivity index (χ3n) is 17.3. The third kappa shape index (κ3) is 7.04. The summed E-state index contributed by atoms with van der Waals surface area (Å²) in [4.78, 5) is 10.5. The lowest BCUT2D eigenvalue weighted by atomic mass is 10.0. The average molecular weight is 1070 g/mol. The molecule has 12 aromatic carbocycles. The van der Waals surface area contributed by atoms with Crippen molar-refractivity contribution in [2.75, 3.05) is 9.80 Å². The molecule has 380 valence electrons. The predicted molar refractivity (Wildman–Crippen MR) is 345 cm³/mol. The van der Waals surface area contributed by atoms with Gasteiger partial charge in [0, 0.05) is 50.3 Å². The average Bonchev–Trinajstić information content (AvgIpc) is 4.02. The fourth-order valence-corrected chi connectivity index (χ4v) is 24.2. The molecule has 0 bridgehead atoms. The van der Waals surface area contributed by atoms with Gasteiger partial charge in [0.1, 0.15) is 5.82 Å². The zero-order valence-electron chi connectivity index (χ0n) is 44.3. The van der Waals surface area contributed by atoms with Crippen LogP contribution in [-0.4, -0.2) is 25.7 Å². The maximum absolute atomic E-state index is 5.62. The van der Waals surface area contributed by atoms with E-state index in [1.807, 2.05) is 0 Å². The molecule has 6 heteroatoms. The lowest BCUT2D eigenvalue weighted by molar-refractivity contribution is 1.18. The molecule has 0 atom stereocenters. The van der Waals surface area contributed by atoms with Crippen LogP contribution in [0.2, 0.25) is 0 Å². The minimum atomic E-state index is -2.78. The van der Waals surface area contributed by atoms with Crippen LogP contribution in [0, 0.1) is 0 Å². The predicted octanol–water partition coefficient (Wildman–Crippen LogP) is 13.3. The highest BCUT2D eigenvalue weighted by atomic mass is 28.3. The van der Waals surface area contributed by atoms with Crippen LogP contribution in [0.3, 0.4) is 0 Å². The Morgan fingerprint density at radius 2 is 0.642 bits per heavy atom. The highest BCUT2D eigenvalue weighted by Crippen LogP contribution is 2.44. The Labute approximate surface area is 473 Å². The van der Waals surface area contributed by atoms with Gasteiger partial charge in [-0.25, -0.2) is 4.98 Å². The summed E-state index contributed by atoms with van der Waals surface area (Å²) in [5, 5.41) is 14.4. The minimum absolute atomic E-state index is 0.894. The van der Waals surface area contributed by atoms with Crippen molar-refractivity contribution in [3.8, 4) is 16.8 Å². The summed E-state index contributed by atoms with van der Waals surface area (Å²) in [5.74, 6) is 0.894. The molecule has 16 rings (SSSR count). The Hall–Kier alpha value is -10.1. The van der Waals surface area contributed by atoms with Gasteiger partial charge >= 0.3 is 0 Å². The van der Waals surface area contributed by atoms with E-state index in [4.69, 9.17) is 4.98 Å². The van der Waals surface area contributed by atoms with Crippen molar-refractivity contribution in [3.63, 3.8) is 0 Å². The number of para-hydroxylation sites is 5. The van der Waals surface area contributed by atoms with Crippen LogP contribution >= 0.6 is 0 Å². The lowest BCUT2D eigenvalue weighted by Gasteiger charge is -2.45. The Kier molecular flexibility index (Phi) is 10.9. The lowest BCUT2D eigenvalue weighted by Crippen LogP contribution is -2.77. The topological polar surface area (TPSA) is 24.3 Å². The van der Waals surface area contributed by atoms with Gasteiger partial charge in [-0.2, -0.15) is 0 Å². The van der Waals surface area contributed by atoms with Gasteiger partial charge in [0.05, 0.1) is 16.6 Å². The van der Waals surface area contributed by atoms with Crippen molar-refractivity contribution in [1.29, 1.82) is 0 Å². The normalized spacial score (nSPS) is 13.8. The Morgan fingerprint density at radius 1 is 0.272 bits per heavy atom. The molecule has 81 heavy (non-hydrogen) atoms. The first-order valence-electron chi connectivity index (χ1n) is 27.9. The van der Waals surface area contributed by atoms with Crippen LogP contribution in [0.1, 0.15) is 0 Å². The molecular weight excluding hydrogens is 1010 g/mol. The third-order valence-corrected chi connectivity index (χ3v) is 27.0. The Bertz CT molecular complexity index is 4540. The van der Waals surface area contributed by atoms with Crippen molar-refractivity contribution in [2.24, 2.45) is 0 Å². The van der Waals surface area contributed by atoms with Crippen molar-refractivity contribution in [1.82, 2.24) is 9.55 Å². The molecule has 2 aliphatic heterocycles. The second kappa shape index (κ2) is 18.8. The molecule has 2 aliphatic rings. The van der Waals surface area contributed by atoms with Gasteiger partial charge in [-0.3, -0.25) is 4.90 Å². The number of nitrogens with zero attached hydrogens (tertiary/aromatic N) is 4. The van der Waals surface area contributed by atoms with Gasteiger partial charge in [0.25, 0.3) is 0 Å². The Balaban J connectivity index is 0.853. The zero-order chi connectivity index (χ0) is 53.5. The van der Waals surface area contributed by atoms with Gasteiger partial charge in [-0.15, -0.1) is 0 Å². The maximum atomic E-state index is 5.62. The fourth-order valence-electron chi connectivity index (χ4n) is 13.9. The van der Waals surface area contributed by atoms with Crippen LogP contribution in [0.5, 0.6) is 0 Å². The maximum Gasteiger partial charge on any atom is 0.184 e. The number of hydrogen-bond acceptors (Lipinski definition) is 3. The van der Waals surface area contributed by atoms with E-state index in [2.05, 4.69) is 330 Å². The number of aromatic nitrogens is 2. The quantitative estimate of drug-likeness (QED) is 0.142.